The van der Waals surface area contributed by atoms with Crippen molar-refractivity contribution in [1.29, 1.82) is 0 Å². The number of carbonyl (C=O) groups excluding carboxylic acids is 1. The van der Waals surface area contributed by atoms with Crippen LogP contribution < -0.4 is 32.9 Å². The van der Waals surface area contributed by atoms with Crippen molar-refractivity contribution in [1.82, 2.24) is 4.90 Å². The van der Waals surface area contributed by atoms with Gasteiger partial charge in [0.25, 0.3) is 5.91 Å². The van der Waals surface area contributed by atoms with Gasteiger partial charge in [-0.25, -0.2) is 0 Å². The summed E-state index contributed by atoms with van der Waals surface area (Å²) in [4.78, 5) is 16.1. The first-order chi connectivity index (χ1) is 15.8. The van der Waals surface area contributed by atoms with Crippen molar-refractivity contribution in [2.24, 2.45) is 0 Å². The van der Waals surface area contributed by atoms with Crippen LogP contribution in [0.4, 0.5) is 0 Å². The Kier molecular flexibility index (Phi) is 7.42. The maximum atomic E-state index is 14.0. The third-order valence-electron chi connectivity index (χ3n) is 6.44. The molecule has 1 saturated heterocycles. The van der Waals surface area contributed by atoms with Crippen molar-refractivity contribution >= 4 is 29.1 Å². The molecule has 0 aliphatic carbocycles. The molecule has 2 nitrogen and oxygen atoms in total. The van der Waals surface area contributed by atoms with Gasteiger partial charge in [0.1, 0.15) is 23.2 Å². The van der Waals surface area contributed by atoms with E-state index in [4.69, 9.17) is 0 Å². The van der Waals surface area contributed by atoms with Crippen LogP contribution in [0.25, 0.3) is 0 Å². The van der Waals surface area contributed by atoms with Crippen molar-refractivity contribution in [3.05, 3.63) is 127 Å². The molecule has 4 aromatic rings. The van der Waals surface area contributed by atoms with Crippen LogP contribution in [0.3, 0.4) is 0 Å². The predicted octanol–water partition coefficient (Wildman–Crippen LogP) is 1.79. The normalized spacial score (nSPS) is 15.8. The van der Waals surface area contributed by atoms with Crippen LogP contribution in [0.5, 0.6) is 0 Å². The third-order valence-corrected chi connectivity index (χ3v) is 11.2. The number of rotatable bonds is 6. The fourth-order valence-corrected chi connectivity index (χ4v) is 9.92. The highest BCUT2D eigenvalue weighted by atomic mass is 79.9. The molecule has 0 N–H and O–H groups in total. The van der Waals surface area contributed by atoms with Crippen molar-refractivity contribution in [2.75, 3.05) is 6.54 Å². The van der Waals surface area contributed by atoms with Gasteiger partial charge in [0, 0.05) is 19.5 Å². The first-order valence-electron chi connectivity index (χ1n) is 11.2. The van der Waals surface area contributed by atoms with E-state index in [1.54, 1.807) is 0 Å². The molecule has 33 heavy (non-hydrogen) atoms. The van der Waals surface area contributed by atoms with Gasteiger partial charge >= 0.3 is 0 Å². The van der Waals surface area contributed by atoms with Crippen molar-refractivity contribution < 1.29 is 21.8 Å². The van der Waals surface area contributed by atoms with Crippen molar-refractivity contribution in [3.63, 3.8) is 0 Å². The first-order valence-corrected chi connectivity index (χ1v) is 13.0. The Morgan fingerprint density at radius 3 is 1.45 bits per heavy atom. The second kappa shape index (κ2) is 10.5. The molecule has 5 rings (SSSR count). The number of halogens is 1. The monoisotopic (exact) mass is 515 g/mol. The Morgan fingerprint density at radius 1 is 0.636 bits per heavy atom. The molecule has 1 heterocycles. The quantitative estimate of drug-likeness (QED) is 0.358. The van der Waals surface area contributed by atoms with Crippen LogP contribution in [-0.4, -0.2) is 23.0 Å². The zero-order chi connectivity index (χ0) is 21.8. The molecule has 1 aliphatic rings. The topological polar surface area (TPSA) is 20.3 Å². The highest BCUT2D eigenvalue weighted by molar-refractivity contribution is 7.96. The van der Waals surface area contributed by atoms with Gasteiger partial charge in [-0.3, -0.25) is 4.79 Å². The summed E-state index contributed by atoms with van der Waals surface area (Å²) in [5.74, 6) is 0.277. The van der Waals surface area contributed by atoms with Gasteiger partial charge < -0.3 is 21.9 Å². The fourth-order valence-electron chi connectivity index (χ4n) is 5.02. The summed E-state index contributed by atoms with van der Waals surface area (Å²) in [5.41, 5.74) is 1.13. The molecule has 4 aromatic carbocycles. The number of hydrogen-bond acceptors (Lipinski definition) is 1. The Balaban J connectivity index is 0.00000259. The second-order valence-corrected chi connectivity index (χ2v) is 11.9. The summed E-state index contributed by atoms with van der Waals surface area (Å²) in [6.45, 7) is 1.47. The Bertz CT molecular complexity index is 1070. The molecule has 0 unspecified atom stereocenters. The molecule has 0 bridgehead atoms. The number of likely N-dealkylation sites (tertiary alicyclic amines) is 1. The van der Waals surface area contributed by atoms with Gasteiger partial charge in [-0.15, -0.1) is 0 Å². The van der Waals surface area contributed by atoms with E-state index in [1.165, 1.54) is 21.5 Å². The predicted molar refractivity (Wildman–Crippen MR) is 135 cm³/mol. The minimum Gasteiger partial charge on any atom is -1.00 e. The van der Waals surface area contributed by atoms with E-state index < -0.39 is 7.26 Å². The Morgan fingerprint density at radius 2 is 1.03 bits per heavy atom. The molecule has 0 saturated carbocycles. The number of amides is 1. The second-order valence-electron chi connectivity index (χ2n) is 8.28. The lowest BCUT2D eigenvalue weighted by molar-refractivity contribution is -0.127. The minimum absolute atomic E-state index is 0. The lowest BCUT2D eigenvalue weighted by Gasteiger charge is -2.32. The molecular formula is C29H27BrNOP. The minimum atomic E-state index is -2.19. The lowest BCUT2D eigenvalue weighted by Crippen LogP contribution is -3.00. The van der Waals surface area contributed by atoms with Crippen LogP contribution in [0.15, 0.2) is 121 Å². The summed E-state index contributed by atoms with van der Waals surface area (Å²) < 4.78 is 0. The summed E-state index contributed by atoms with van der Waals surface area (Å²) in [5, 5.41) is 3.83. The SMILES string of the molecule is O=C1[C@H]([P+](c2ccccc2)(c2ccccc2)c2ccccc2)CCN1Cc1ccccc1.[Br-]. The van der Waals surface area contributed by atoms with Crippen LogP contribution in [0.1, 0.15) is 12.0 Å². The maximum absolute atomic E-state index is 14.0. The largest absolute Gasteiger partial charge is 1.00 e. The maximum Gasteiger partial charge on any atom is 0.264 e. The van der Waals surface area contributed by atoms with Gasteiger partial charge in [-0.2, -0.15) is 0 Å². The Labute approximate surface area is 207 Å². The fraction of sp³-hybridized carbons (Fsp3) is 0.138. The molecule has 1 aliphatic heterocycles. The van der Waals surface area contributed by atoms with Gasteiger partial charge in [0.05, 0.1) is 0 Å². The van der Waals surface area contributed by atoms with Crippen LogP contribution in [0, 0.1) is 0 Å². The van der Waals surface area contributed by atoms with E-state index in [2.05, 4.69) is 108 Å². The Hall–Kier alpha value is -2.74. The molecule has 0 radical (unpaired) electrons. The van der Waals surface area contributed by atoms with E-state index in [0.717, 1.165) is 13.0 Å². The van der Waals surface area contributed by atoms with E-state index in [-0.39, 0.29) is 28.5 Å². The highest BCUT2D eigenvalue weighted by Crippen LogP contribution is 2.62. The molecule has 0 aromatic heterocycles. The molecular weight excluding hydrogens is 489 g/mol. The molecule has 4 heteroatoms. The molecule has 0 spiro atoms. The average molecular weight is 516 g/mol. The smallest absolute Gasteiger partial charge is 0.264 e. The summed E-state index contributed by atoms with van der Waals surface area (Å²) in [6.07, 6.45) is 0.873. The average Bonchev–Trinajstić information content (AvgIpc) is 3.22. The van der Waals surface area contributed by atoms with E-state index >= 15 is 0 Å². The van der Waals surface area contributed by atoms with Crippen molar-refractivity contribution in [2.45, 2.75) is 18.6 Å². The van der Waals surface area contributed by atoms with Crippen LogP contribution >= 0.6 is 7.26 Å². The van der Waals surface area contributed by atoms with Crippen molar-refractivity contribution in [3.8, 4) is 0 Å². The molecule has 166 valence electrons. The van der Waals surface area contributed by atoms with Gasteiger partial charge in [-0.1, -0.05) is 84.9 Å². The molecule has 1 amide bonds. The number of carbonyl (C=O) groups is 1. The van der Waals surface area contributed by atoms with Gasteiger partial charge in [-0.05, 0) is 42.0 Å². The number of benzene rings is 4. The van der Waals surface area contributed by atoms with Crippen LogP contribution in [-0.2, 0) is 11.3 Å². The first kappa shape index (κ1) is 23.4. The number of hydrogen-bond donors (Lipinski definition) is 0. The highest BCUT2D eigenvalue weighted by Gasteiger charge is 2.58. The van der Waals surface area contributed by atoms with Gasteiger partial charge in [0.15, 0.2) is 5.66 Å². The summed E-state index contributed by atoms with van der Waals surface area (Å²) >= 11 is 0. The summed E-state index contributed by atoms with van der Waals surface area (Å²) in [6, 6.07) is 42.5. The zero-order valence-electron chi connectivity index (χ0n) is 18.4. The molecule has 1 fully saturated rings. The van der Waals surface area contributed by atoms with Crippen LogP contribution in [0.2, 0.25) is 0 Å². The molecule has 1 atom stereocenters. The standard InChI is InChI=1S/C29H27NOP.BrH/c31-29-28(21-22-30(29)23-24-13-5-1-6-14-24)32(25-15-7-2-8-16-25,26-17-9-3-10-18-26)27-19-11-4-12-20-27;/h1-20,28H,21-23H2;1H/q+1;/p-1/t28-;/m1./s1. The lowest BCUT2D eigenvalue weighted by atomic mass is 10.2. The van der Waals surface area contributed by atoms with Gasteiger partial charge in [0.2, 0.25) is 0 Å². The van der Waals surface area contributed by atoms with E-state index in [9.17, 15) is 4.79 Å². The third kappa shape index (κ3) is 4.40. The summed E-state index contributed by atoms with van der Waals surface area (Å²) in [7, 11) is -2.19. The zero-order valence-corrected chi connectivity index (χ0v) is 20.9. The van der Waals surface area contributed by atoms with E-state index in [0.29, 0.717) is 6.54 Å². The number of nitrogens with zero attached hydrogens (tertiary/aromatic N) is 1. The van der Waals surface area contributed by atoms with E-state index in [1.807, 2.05) is 18.2 Å².